The minimum absolute atomic E-state index is 0.0283. The van der Waals surface area contributed by atoms with Gasteiger partial charge in [-0.2, -0.15) is 0 Å². The van der Waals surface area contributed by atoms with Crippen molar-refractivity contribution in [3.63, 3.8) is 0 Å². The number of halogens is 2. The molecule has 0 aromatic carbocycles. The highest BCUT2D eigenvalue weighted by molar-refractivity contribution is 5.26. The maximum Gasteiger partial charge on any atom is 0.282 e. The molecule has 2 nitrogen and oxygen atoms in total. The van der Waals surface area contributed by atoms with Crippen molar-refractivity contribution in [2.45, 2.75) is 72.3 Å². The van der Waals surface area contributed by atoms with Gasteiger partial charge in [-0.25, -0.2) is 13.8 Å². The van der Waals surface area contributed by atoms with E-state index in [0.717, 1.165) is 31.6 Å². The second-order valence-corrected chi connectivity index (χ2v) is 5.71. The van der Waals surface area contributed by atoms with E-state index < -0.39 is 6.43 Å². The molecule has 104 valence electrons. The molecule has 0 spiro atoms. The van der Waals surface area contributed by atoms with Crippen molar-refractivity contribution >= 4 is 0 Å². The molecule has 1 aromatic heterocycles. The Morgan fingerprint density at radius 1 is 1.17 bits per heavy atom. The second kappa shape index (κ2) is 5.81. The summed E-state index contributed by atoms with van der Waals surface area (Å²) < 4.78 is 28.3. The zero-order valence-electron chi connectivity index (χ0n) is 12.1. The van der Waals surface area contributed by atoms with Gasteiger partial charge >= 0.3 is 0 Å². The van der Waals surface area contributed by atoms with Crippen LogP contribution in [0.2, 0.25) is 0 Å². The number of nitrogens with zero attached hydrogens (tertiary/aromatic N) is 2. The molecule has 1 rings (SSSR count). The van der Waals surface area contributed by atoms with Gasteiger partial charge in [0.15, 0.2) is 0 Å². The van der Waals surface area contributed by atoms with Crippen LogP contribution in [0.1, 0.15) is 71.1 Å². The lowest BCUT2D eigenvalue weighted by Crippen LogP contribution is -2.21. The lowest BCUT2D eigenvalue weighted by Gasteiger charge is -2.23. The lowest BCUT2D eigenvalue weighted by atomic mass is 9.90. The van der Waals surface area contributed by atoms with E-state index >= 15 is 0 Å². The van der Waals surface area contributed by atoms with E-state index in [1.807, 2.05) is 32.3 Å². The molecule has 0 aliphatic heterocycles. The van der Waals surface area contributed by atoms with Crippen molar-refractivity contribution in [2.24, 2.45) is 0 Å². The molecule has 4 heteroatoms. The van der Waals surface area contributed by atoms with Crippen molar-refractivity contribution in [1.29, 1.82) is 0 Å². The van der Waals surface area contributed by atoms with Crippen LogP contribution in [0.5, 0.6) is 0 Å². The van der Waals surface area contributed by atoms with Gasteiger partial charge in [-0.1, -0.05) is 34.6 Å². The van der Waals surface area contributed by atoms with Gasteiger partial charge in [0.2, 0.25) is 0 Å². The summed E-state index contributed by atoms with van der Waals surface area (Å²) >= 11 is 0. The fourth-order valence-electron chi connectivity index (χ4n) is 2.34. The number of aryl methyl sites for hydroxylation is 1. The molecule has 0 unspecified atom stereocenters. The van der Waals surface area contributed by atoms with Crippen molar-refractivity contribution in [3.05, 3.63) is 17.2 Å². The van der Waals surface area contributed by atoms with Gasteiger partial charge in [0.25, 0.3) is 6.43 Å². The van der Waals surface area contributed by atoms with Crippen LogP contribution in [-0.4, -0.2) is 9.55 Å². The molecule has 0 saturated carbocycles. The highest BCUT2D eigenvalue weighted by Gasteiger charge is 2.30. The van der Waals surface area contributed by atoms with Gasteiger partial charge in [0, 0.05) is 18.4 Å². The van der Waals surface area contributed by atoms with Gasteiger partial charge in [0.05, 0.1) is 5.69 Å². The van der Waals surface area contributed by atoms with Crippen LogP contribution < -0.4 is 0 Å². The average molecular weight is 258 g/mol. The summed E-state index contributed by atoms with van der Waals surface area (Å²) in [6.07, 6.45) is 0.120. The molecule has 0 aliphatic rings. The molecule has 0 atom stereocenters. The molecule has 0 saturated heterocycles. The van der Waals surface area contributed by atoms with Crippen LogP contribution in [0.25, 0.3) is 0 Å². The standard InChI is InChI=1S/C14H24F2N2/c1-6-8-10-17-11(13(15)16)12(14(3,4)5)18(10)9-7-2/h13H,6-9H2,1-5H3. The molecule has 0 radical (unpaired) electrons. The third-order valence-electron chi connectivity index (χ3n) is 2.91. The Morgan fingerprint density at radius 3 is 2.17 bits per heavy atom. The predicted octanol–water partition coefficient (Wildman–Crippen LogP) is 4.48. The third kappa shape index (κ3) is 3.09. The summed E-state index contributed by atoms with van der Waals surface area (Å²) in [6, 6.07) is 0. The summed E-state index contributed by atoms with van der Waals surface area (Å²) in [4.78, 5) is 4.20. The highest BCUT2D eigenvalue weighted by Crippen LogP contribution is 2.33. The van der Waals surface area contributed by atoms with Gasteiger partial charge < -0.3 is 4.57 Å². The van der Waals surface area contributed by atoms with Crippen LogP contribution in [0.3, 0.4) is 0 Å². The second-order valence-electron chi connectivity index (χ2n) is 5.71. The molecule has 0 bridgehead atoms. The fourth-order valence-corrected chi connectivity index (χ4v) is 2.34. The molecule has 0 fully saturated rings. The lowest BCUT2D eigenvalue weighted by molar-refractivity contribution is 0.143. The molecule has 18 heavy (non-hydrogen) atoms. The van der Waals surface area contributed by atoms with Gasteiger partial charge in [0.1, 0.15) is 11.5 Å². The first-order valence-corrected chi connectivity index (χ1v) is 6.70. The number of hydrogen-bond donors (Lipinski definition) is 0. The third-order valence-corrected chi connectivity index (χ3v) is 2.91. The number of rotatable bonds is 5. The zero-order chi connectivity index (χ0) is 13.9. The smallest absolute Gasteiger partial charge is 0.282 e. The monoisotopic (exact) mass is 258 g/mol. The van der Waals surface area contributed by atoms with Crippen molar-refractivity contribution in [3.8, 4) is 0 Å². The predicted molar refractivity (Wildman–Crippen MR) is 70.2 cm³/mol. The minimum atomic E-state index is -2.49. The highest BCUT2D eigenvalue weighted by atomic mass is 19.3. The first kappa shape index (κ1) is 15.1. The Morgan fingerprint density at radius 2 is 1.78 bits per heavy atom. The first-order chi connectivity index (χ1) is 8.32. The van der Waals surface area contributed by atoms with E-state index in [2.05, 4.69) is 11.9 Å². The molecule has 0 N–H and O–H groups in total. The first-order valence-electron chi connectivity index (χ1n) is 6.70. The van der Waals surface area contributed by atoms with E-state index in [-0.39, 0.29) is 11.1 Å². The zero-order valence-corrected chi connectivity index (χ0v) is 12.1. The Kier molecular flexibility index (Phi) is 4.88. The number of imidazole rings is 1. The normalized spacial score (nSPS) is 12.4. The van der Waals surface area contributed by atoms with E-state index in [0.29, 0.717) is 5.69 Å². The molecular weight excluding hydrogens is 234 g/mol. The summed E-state index contributed by atoms with van der Waals surface area (Å²) in [5.74, 6) is 0.805. The van der Waals surface area contributed by atoms with Crippen molar-refractivity contribution in [1.82, 2.24) is 9.55 Å². The molecular formula is C14H24F2N2. The SMILES string of the molecule is CCCc1nc(C(F)F)c(C(C)(C)C)n1CCC. The van der Waals surface area contributed by atoms with Crippen LogP contribution in [0.4, 0.5) is 8.78 Å². The Hall–Kier alpha value is -0.930. The van der Waals surface area contributed by atoms with Crippen LogP contribution in [0.15, 0.2) is 0 Å². The molecule has 1 heterocycles. The number of alkyl halides is 2. The molecule has 1 aromatic rings. The Bertz CT molecular complexity index is 389. The summed E-state index contributed by atoms with van der Waals surface area (Å²) in [6.45, 7) is 10.8. The van der Waals surface area contributed by atoms with E-state index in [4.69, 9.17) is 0 Å². The summed E-state index contributed by atoms with van der Waals surface area (Å²) in [5, 5.41) is 0. The minimum Gasteiger partial charge on any atom is -0.331 e. The van der Waals surface area contributed by atoms with Crippen molar-refractivity contribution < 1.29 is 8.78 Å². The van der Waals surface area contributed by atoms with Crippen LogP contribution in [0, 0.1) is 0 Å². The van der Waals surface area contributed by atoms with Gasteiger partial charge in [-0.3, -0.25) is 0 Å². The maximum atomic E-state index is 13.2. The van der Waals surface area contributed by atoms with E-state index in [1.54, 1.807) is 0 Å². The fraction of sp³-hybridized carbons (Fsp3) is 0.786. The van der Waals surface area contributed by atoms with Gasteiger partial charge in [-0.05, 0) is 12.8 Å². The quantitative estimate of drug-likeness (QED) is 0.761. The largest absolute Gasteiger partial charge is 0.331 e. The molecule has 0 aliphatic carbocycles. The number of hydrogen-bond acceptors (Lipinski definition) is 1. The molecule has 0 amide bonds. The van der Waals surface area contributed by atoms with Crippen LogP contribution >= 0.6 is 0 Å². The Labute approximate surface area is 108 Å². The van der Waals surface area contributed by atoms with Crippen LogP contribution in [-0.2, 0) is 18.4 Å². The summed E-state index contributed by atoms with van der Waals surface area (Å²) in [5.41, 5.74) is 0.363. The van der Waals surface area contributed by atoms with Gasteiger partial charge in [-0.15, -0.1) is 0 Å². The topological polar surface area (TPSA) is 17.8 Å². The van der Waals surface area contributed by atoms with E-state index in [9.17, 15) is 8.78 Å². The maximum absolute atomic E-state index is 13.2. The summed E-state index contributed by atoms with van der Waals surface area (Å²) in [7, 11) is 0. The van der Waals surface area contributed by atoms with Crippen molar-refractivity contribution in [2.75, 3.05) is 0 Å². The average Bonchev–Trinajstić information content (AvgIpc) is 2.58. The number of aromatic nitrogens is 2. The Balaban J connectivity index is 3.40. The van der Waals surface area contributed by atoms with E-state index in [1.165, 1.54) is 0 Å².